The van der Waals surface area contributed by atoms with Crippen molar-refractivity contribution in [2.24, 2.45) is 11.8 Å². The number of carbonyl (C=O) groups excluding carboxylic acids is 1. The van der Waals surface area contributed by atoms with Gasteiger partial charge in [0.15, 0.2) is 0 Å². The molecule has 0 radical (unpaired) electrons. The third kappa shape index (κ3) is 6.60. The van der Waals surface area contributed by atoms with Crippen LogP contribution < -0.4 is 11.0 Å². The van der Waals surface area contributed by atoms with Gasteiger partial charge in [-0.05, 0) is 45.1 Å². The number of amides is 1. The maximum atomic E-state index is 12.6. The lowest BCUT2D eigenvalue weighted by atomic mass is 9.95. The van der Waals surface area contributed by atoms with Crippen molar-refractivity contribution in [1.82, 2.24) is 25.8 Å². The third-order valence-corrected chi connectivity index (χ3v) is 5.56. The second-order valence-electron chi connectivity index (χ2n) is 7.20. The van der Waals surface area contributed by atoms with Gasteiger partial charge in [0.05, 0.1) is 6.54 Å². The van der Waals surface area contributed by atoms with Crippen LogP contribution in [0, 0.1) is 11.8 Å². The normalized spacial score (nSPS) is 23.0. The van der Waals surface area contributed by atoms with E-state index < -0.39 is 0 Å². The van der Waals surface area contributed by atoms with Crippen LogP contribution in [0.25, 0.3) is 0 Å². The smallest absolute Gasteiger partial charge is 0.236 e. The zero-order valence-electron chi connectivity index (χ0n) is 16.9. The summed E-state index contributed by atoms with van der Waals surface area (Å²) in [6.45, 7) is 13.6. The molecule has 25 heavy (non-hydrogen) atoms. The Morgan fingerprint density at radius 3 is 2.60 bits per heavy atom. The molecule has 1 aliphatic rings. The molecule has 0 spiro atoms. The minimum atomic E-state index is 0.263. The monoisotopic (exact) mass is 353 g/mol. The number of likely N-dealkylation sites (N-methyl/N-ethyl adjacent to an activating group) is 2. The van der Waals surface area contributed by atoms with Gasteiger partial charge in [0, 0.05) is 38.9 Å². The molecule has 0 aromatic rings. The number of hydrogen-bond acceptors (Lipinski definition) is 5. The Labute approximate surface area is 154 Å². The van der Waals surface area contributed by atoms with Crippen molar-refractivity contribution in [3.8, 4) is 0 Å². The van der Waals surface area contributed by atoms with Crippen molar-refractivity contribution in [3.63, 3.8) is 0 Å². The molecule has 2 unspecified atom stereocenters. The quantitative estimate of drug-likeness (QED) is 0.526. The Kier molecular flexibility index (Phi) is 10.1. The van der Waals surface area contributed by atoms with Gasteiger partial charge < -0.3 is 9.91 Å². The zero-order chi connectivity index (χ0) is 18.8. The van der Waals surface area contributed by atoms with E-state index in [0.717, 1.165) is 38.9 Å². The fraction of sp³-hybridized carbons (Fsp3) is 0.842. The van der Waals surface area contributed by atoms with Crippen LogP contribution in [0.4, 0.5) is 0 Å². The van der Waals surface area contributed by atoms with Gasteiger partial charge in [-0.3, -0.25) is 9.69 Å². The molecule has 0 saturated heterocycles. The fourth-order valence-electron chi connectivity index (χ4n) is 3.90. The third-order valence-electron chi connectivity index (χ3n) is 5.56. The van der Waals surface area contributed by atoms with Crippen molar-refractivity contribution in [1.29, 1.82) is 0 Å². The number of nitrogens with one attached hydrogen (secondary N) is 2. The number of carbonyl (C=O) groups is 1. The highest BCUT2D eigenvalue weighted by Crippen LogP contribution is 2.35. The highest BCUT2D eigenvalue weighted by molar-refractivity contribution is 5.78. The summed E-state index contributed by atoms with van der Waals surface area (Å²) in [4.78, 5) is 16.9. The zero-order valence-corrected chi connectivity index (χ0v) is 16.9. The van der Waals surface area contributed by atoms with E-state index in [4.69, 9.17) is 0 Å². The minimum Gasteiger partial charge on any atom is -0.342 e. The first kappa shape index (κ1) is 21.9. The molecule has 0 aliphatic heterocycles. The summed E-state index contributed by atoms with van der Waals surface area (Å²) < 4.78 is 0. The summed E-state index contributed by atoms with van der Waals surface area (Å²) in [5, 5.41) is 2.00. The summed E-state index contributed by atoms with van der Waals surface area (Å²) >= 11 is 0. The van der Waals surface area contributed by atoms with Gasteiger partial charge in [-0.2, -0.15) is 5.53 Å². The number of hydrazine groups is 2. The van der Waals surface area contributed by atoms with Crippen molar-refractivity contribution < 1.29 is 4.79 Å². The van der Waals surface area contributed by atoms with Gasteiger partial charge in [0.1, 0.15) is 0 Å². The lowest BCUT2D eigenvalue weighted by Crippen LogP contribution is -2.46. The predicted molar refractivity (Wildman–Crippen MR) is 105 cm³/mol. The first-order valence-corrected chi connectivity index (χ1v) is 9.77. The lowest BCUT2D eigenvalue weighted by molar-refractivity contribution is -0.132. The summed E-state index contributed by atoms with van der Waals surface area (Å²) in [6.07, 6.45) is 6.37. The van der Waals surface area contributed by atoms with Gasteiger partial charge in [-0.25, -0.2) is 5.43 Å². The molecule has 1 saturated carbocycles. The Hall–Kier alpha value is -1.11. The highest BCUT2D eigenvalue weighted by Gasteiger charge is 2.36. The molecule has 146 valence electrons. The SMILES string of the molecule is C=CN(C[C@H]1CCC(N(C)CC(=O)N(CC)CCCC)C1C)NNC. The average molecular weight is 354 g/mol. The maximum Gasteiger partial charge on any atom is 0.236 e. The molecule has 0 bridgehead atoms. The molecule has 1 aliphatic carbocycles. The number of rotatable bonds is 12. The summed E-state index contributed by atoms with van der Waals surface area (Å²) in [5.41, 5.74) is 6.04. The topological polar surface area (TPSA) is 50.9 Å². The van der Waals surface area contributed by atoms with E-state index in [9.17, 15) is 4.79 Å². The second kappa shape index (κ2) is 11.5. The van der Waals surface area contributed by atoms with Crippen LogP contribution in [0.15, 0.2) is 12.8 Å². The predicted octanol–water partition coefficient (Wildman–Crippen LogP) is 2.07. The molecular formula is C19H39N5O. The van der Waals surface area contributed by atoms with Gasteiger partial charge in [-0.15, -0.1) is 0 Å². The summed E-state index contributed by atoms with van der Waals surface area (Å²) in [5.74, 6) is 1.42. The van der Waals surface area contributed by atoms with Crippen LogP contribution in [-0.2, 0) is 4.79 Å². The molecule has 1 fully saturated rings. The van der Waals surface area contributed by atoms with Gasteiger partial charge in [0.2, 0.25) is 5.91 Å². The van der Waals surface area contributed by atoms with Crippen molar-refractivity contribution in [2.75, 3.05) is 40.3 Å². The average Bonchev–Trinajstić information content (AvgIpc) is 2.95. The number of hydrogen-bond donors (Lipinski definition) is 2. The summed E-state index contributed by atoms with van der Waals surface area (Å²) in [7, 11) is 3.96. The Bertz CT molecular complexity index is 403. The Morgan fingerprint density at radius 1 is 1.32 bits per heavy atom. The van der Waals surface area contributed by atoms with Crippen molar-refractivity contribution in [2.45, 2.75) is 52.5 Å². The van der Waals surface area contributed by atoms with Crippen LogP contribution in [0.3, 0.4) is 0 Å². The molecule has 0 aromatic heterocycles. The van der Waals surface area contributed by atoms with E-state index in [0.29, 0.717) is 24.4 Å². The molecule has 1 amide bonds. The van der Waals surface area contributed by atoms with Crippen LogP contribution in [0.1, 0.15) is 46.5 Å². The van der Waals surface area contributed by atoms with Crippen LogP contribution in [0.2, 0.25) is 0 Å². The van der Waals surface area contributed by atoms with E-state index in [2.05, 4.69) is 50.3 Å². The highest BCUT2D eigenvalue weighted by atomic mass is 16.2. The van der Waals surface area contributed by atoms with Gasteiger partial charge in [0.25, 0.3) is 0 Å². The second-order valence-corrected chi connectivity index (χ2v) is 7.20. The van der Waals surface area contributed by atoms with Crippen LogP contribution >= 0.6 is 0 Å². The standard InChI is InChI=1S/C19H39N5O/c1-7-10-13-23(8-2)19(25)15-22(6)18-12-11-17(16(18)4)14-24(9-3)21-20-5/h9,16-18,20-21H,3,7-8,10-15H2,1-2,4-6H3/t16?,17-,18?/m1/s1. The molecular weight excluding hydrogens is 314 g/mol. The molecule has 2 N–H and O–H groups in total. The van der Waals surface area contributed by atoms with Crippen molar-refractivity contribution in [3.05, 3.63) is 12.8 Å². The van der Waals surface area contributed by atoms with E-state index in [1.165, 1.54) is 6.42 Å². The minimum absolute atomic E-state index is 0.263. The summed E-state index contributed by atoms with van der Waals surface area (Å²) in [6, 6.07) is 0.472. The number of nitrogens with zero attached hydrogens (tertiary/aromatic N) is 3. The molecule has 6 nitrogen and oxygen atoms in total. The first-order chi connectivity index (χ1) is 12.0. The molecule has 0 heterocycles. The molecule has 3 atom stereocenters. The molecule has 1 rings (SSSR count). The van der Waals surface area contributed by atoms with E-state index in [1.54, 1.807) is 0 Å². The Balaban J connectivity index is 2.54. The lowest BCUT2D eigenvalue weighted by Gasteiger charge is -2.32. The van der Waals surface area contributed by atoms with Gasteiger partial charge >= 0.3 is 0 Å². The molecule has 0 aromatic carbocycles. The number of unbranched alkanes of at least 4 members (excludes halogenated alkanes) is 1. The van der Waals surface area contributed by atoms with Crippen molar-refractivity contribution >= 4 is 5.91 Å². The van der Waals surface area contributed by atoms with Gasteiger partial charge in [-0.1, -0.05) is 26.8 Å². The first-order valence-electron chi connectivity index (χ1n) is 9.77. The van der Waals surface area contributed by atoms with E-state index in [1.807, 2.05) is 23.2 Å². The fourth-order valence-corrected chi connectivity index (χ4v) is 3.90. The van der Waals surface area contributed by atoms with E-state index in [-0.39, 0.29) is 5.91 Å². The maximum absolute atomic E-state index is 12.6. The Morgan fingerprint density at radius 2 is 2.04 bits per heavy atom. The van der Waals surface area contributed by atoms with Crippen LogP contribution in [0.5, 0.6) is 0 Å². The largest absolute Gasteiger partial charge is 0.342 e. The van der Waals surface area contributed by atoms with Crippen LogP contribution in [-0.4, -0.2) is 67.0 Å². The molecule has 6 heteroatoms. The van der Waals surface area contributed by atoms with E-state index >= 15 is 0 Å².